The number of phosphoric ester groups is 1. The maximum absolute atomic E-state index is 10.7. The normalized spacial score (nSPS) is 18.6. The molecule has 116 valence electrons. The lowest BCUT2D eigenvalue weighted by Gasteiger charge is -2.19. The van der Waals surface area contributed by atoms with Gasteiger partial charge in [-0.3, -0.25) is 9.52 Å². The third-order valence-corrected chi connectivity index (χ3v) is 2.97. The van der Waals surface area contributed by atoms with Crippen molar-refractivity contribution in [3.05, 3.63) is 35.0 Å². The standard InChI is InChI=1S/C11H15N2O7P/c1-6-10(14)9(4-13-7(2)11(15)16)8(3-12-6)5-20-21(17,18)19/h3-4,12,14H,5H2,1-2H3,(H,15,16)(H2,17,18,19)/b9-4-,13-7?. The number of carboxylic acid groups (broad SMARTS) is 1. The zero-order valence-electron chi connectivity index (χ0n) is 11.3. The molecule has 0 unspecified atom stereocenters. The molecule has 0 saturated heterocycles. The number of aliphatic imine (C=N–C) groups is 1. The Balaban J connectivity index is 3.07. The maximum Gasteiger partial charge on any atom is 0.469 e. The molecule has 0 aliphatic carbocycles. The van der Waals surface area contributed by atoms with Gasteiger partial charge in [-0.25, -0.2) is 9.36 Å². The first-order valence-corrected chi connectivity index (χ1v) is 7.19. The Bertz CT molecular complexity index is 612. The highest BCUT2D eigenvalue weighted by Crippen LogP contribution is 2.37. The van der Waals surface area contributed by atoms with Crippen molar-refractivity contribution in [1.29, 1.82) is 0 Å². The largest absolute Gasteiger partial charge is 0.505 e. The number of carbonyl (C=O) groups is 1. The molecule has 0 aromatic carbocycles. The summed E-state index contributed by atoms with van der Waals surface area (Å²) in [6.45, 7) is 2.35. The van der Waals surface area contributed by atoms with Crippen LogP contribution in [0.4, 0.5) is 0 Å². The molecule has 0 atom stereocenters. The Hall–Kier alpha value is -1.93. The fourth-order valence-electron chi connectivity index (χ4n) is 1.33. The van der Waals surface area contributed by atoms with Crippen LogP contribution in [0.25, 0.3) is 0 Å². The number of carboxylic acids is 1. The van der Waals surface area contributed by atoms with E-state index in [0.29, 0.717) is 5.70 Å². The minimum Gasteiger partial charge on any atom is -0.505 e. The topological polar surface area (TPSA) is 149 Å². The van der Waals surface area contributed by atoms with E-state index in [4.69, 9.17) is 14.9 Å². The highest BCUT2D eigenvalue weighted by molar-refractivity contribution is 7.46. The second-order valence-corrected chi connectivity index (χ2v) is 5.35. The Morgan fingerprint density at radius 2 is 2.14 bits per heavy atom. The number of hydrogen-bond acceptors (Lipinski definition) is 6. The van der Waals surface area contributed by atoms with Crippen LogP contribution in [0.5, 0.6) is 0 Å². The average Bonchev–Trinajstić information content (AvgIpc) is 2.37. The van der Waals surface area contributed by atoms with Gasteiger partial charge in [0, 0.05) is 23.5 Å². The molecular weight excluding hydrogens is 303 g/mol. The number of allylic oxidation sites excluding steroid dienone is 2. The van der Waals surface area contributed by atoms with Crippen LogP contribution < -0.4 is 5.32 Å². The molecule has 1 heterocycles. The molecular formula is C11H15N2O7P. The summed E-state index contributed by atoms with van der Waals surface area (Å²) in [5.41, 5.74) is 0.495. The lowest BCUT2D eigenvalue weighted by atomic mass is 10.0. The molecule has 0 fully saturated rings. The smallest absolute Gasteiger partial charge is 0.469 e. The Morgan fingerprint density at radius 3 is 2.67 bits per heavy atom. The van der Waals surface area contributed by atoms with Crippen molar-refractivity contribution in [3.8, 4) is 0 Å². The third kappa shape index (κ3) is 5.16. The van der Waals surface area contributed by atoms with Crippen LogP contribution in [0.15, 0.2) is 40.0 Å². The van der Waals surface area contributed by atoms with Gasteiger partial charge in [0.25, 0.3) is 0 Å². The van der Waals surface area contributed by atoms with Crippen LogP contribution in [0, 0.1) is 0 Å². The van der Waals surface area contributed by atoms with Gasteiger partial charge in [-0.15, -0.1) is 0 Å². The first-order valence-electron chi connectivity index (χ1n) is 5.66. The van der Waals surface area contributed by atoms with E-state index in [0.717, 1.165) is 6.20 Å². The van der Waals surface area contributed by atoms with E-state index in [1.54, 1.807) is 6.92 Å². The van der Waals surface area contributed by atoms with Crippen LogP contribution >= 0.6 is 7.82 Å². The molecule has 1 rings (SSSR count). The molecule has 1 aliphatic rings. The molecule has 0 aromatic rings. The van der Waals surface area contributed by atoms with Gasteiger partial charge in [0.05, 0.1) is 12.3 Å². The van der Waals surface area contributed by atoms with E-state index >= 15 is 0 Å². The molecule has 5 N–H and O–H groups in total. The summed E-state index contributed by atoms with van der Waals surface area (Å²) < 4.78 is 15.1. The molecule has 0 spiro atoms. The molecule has 0 radical (unpaired) electrons. The van der Waals surface area contributed by atoms with Gasteiger partial charge >= 0.3 is 13.8 Å². The van der Waals surface area contributed by atoms with Crippen molar-refractivity contribution in [3.63, 3.8) is 0 Å². The van der Waals surface area contributed by atoms with E-state index in [2.05, 4.69) is 14.8 Å². The SMILES string of the molecule is CC(=N/C=C1/C(COP(=O)(O)O)=CNC(C)=C1O)C(=O)O. The monoisotopic (exact) mass is 318 g/mol. The summed E-state index contributed by atoms with van der Waals surface area (Å²) in [6.07, 6.45) is 2.47. The average molecular weight is 318 g/mol. The summed E-state index contributed by atoms with van der Waals surface area (Å²) >= 11 is 0. The van der Waals surface area contributed by atoms with E-state index in [1.165, 1.54) is 13.1 Å². The highest BCUT2D eigenvalue weighted by Gasteiger charge is 2.21. The van der Waals surface area contributed by atoms with E-state index in [9.17, 15) is 14.5 Å². The van der Waals surface area contributed by atoms with Crippen LogP contribution in [-0.4, -0.2) is 38.3 Å². The van der Waals surface area contributed by atoms with Gasteiger partial charge in [-0.05, 0) is 13.8 Å². The zero-order chi connectivity index (χ0) is 16.2. The van der Waals surface area contributed by atoms with Crippen molar-refractivity contribution in [2.45, 2.75) is 13.8 Å². The number of rotatable bonds is 5. The number of phosphoric acid groups is 1. The van der Waals surface area contributed by atoms with Gasteiger partial charge in [-0.2, -0.15) is 0 Å². The number of hydrogen-bond donors (Lipinski definition) is 5. The second-order valence-electron chi connectivity index (χ2n) is 4.11. The Kier molecular flexibility index (Phi) is 5.45. The third-order valence-electron chi connectivity index (χ3n) is 2.50. The van der Waals surface area contributed by atoms with Crippen LogP contribution in [-0.2, 0) is 13.9 Å². The molecule has 10 heteroatoms. The summed E-state index contributed by atoms with van der Waals surface area (Å²) in [7, 11) is -4.67. The van der Waals surface area contributed by atoms with Crippen molar-refractivity contribution in [1.82, 2.24) is 5.32 Å². The molecule has 0 bridgehead atoms. The minimum absolute atomic E-state index is 0.111. The quantitative estimate of drug-likeness (QED) is 0.369. The van der Waals surface area contributed by atoms with Crippen molar-refractivity contribution < 1.29 is 33.9 Å². The Labute approximate surface area is 120 Å². The molecule has 0 amide bonds. The van der Waals surface area contributed by atoms with Crippen molar-refractivity contribution in [2.75, 3.05) is 6.61 Å². The lowest BCUT2D eigenvalue weighted by Crippen LogP contribution is -2.17. The number of nitrogens with one attached hydrogen (secondary N) is 1. The van der Waals surface area contributed by atoms with E-state index in [1.807, 2.05) is 0 Å². The number of dihydropyridines is 1. The van der Waals surface area contributed by atoms with Gasteiger partial charge in [-0.1, -0.05) is 0 Å². The van der Waals surface area contributed by atoms with E-state index < -0.39 is 20.4 Å². The van der Waals surface area contributed by atoms with Crippen LogP contribution in [0.1, 0.15) is 13.8 Å². The molecule has 9 nitrogen and oxygen atoms in total. The summed E-state index contributed by atoms with van der Waals surface area (Å²) in [5, 5.41) is 21.3. The van der Waals surface area contributed by atoms with Gasteiger partial charge in [0.1, 0.15) is 11.5 Å². The minimum atomic E-state index is -4.67. The Morgan fingerprint density at radius 1 is 1.52 bits per heavy atom. The summed E-state index contributed by atoms with van der Waals surface area (Å²) in [6, 6.07) is 0. The summed E-state index contributed by atoms with van der Waals surface area (Å²) in [4.78, 5) is 31.7. The van der Waals surface area contributed by atoms with Gasteiger partial charge in [0.15, 0.2) is 0 Å². The number of aliphatic hydroxyl groups is 1. The van der Waals surface area contributed by atoms with Crippen LogP contribution in [0.3, 0.4) is 0 Å². The van der Waals surface area contributed by atoms with Gasteiger partial charge < -0.3 is 25.3 Å². The lowest BCUT2D eigenvalue weighted by molar-refractivity contribution is -0.129. The fraction of sp³-hybridized carbons (Fsp3) is 0.273. The predicted molar refractivity (Wildman–Crippen MR) is 73.4 cm³/mol. The molecule has 21 heavy (non-hydrogen) atoms. The van der Waals surface area contributed by atoms with Gasteiger partial charge in [0.2, 0.25) is 0 Å². The van der Waals surface area contributed by atoms with E-state index in [-0.39, 0.29) is 22.6 Å². The predicted octanol–water partition coefficient (Wildman–Crippen LogP) is 0.802. The van der Waals surface area contributed by atoms with Crippen molar-refractivity contribution in [2.24, 2.45) is 4.99 Å². The highest BCUT2D eigenvalue weighted by atomic mass is 31.2. The molecule has 1 aliphatic heterocycles. The first kappa shape index (κ1) is 17.1. The molecule has 0 saturated carbocycles. The van der Waals surface area contributed by atoms with Crippen LogP contribution in [0.2, 0.25) is 0 Å². The fourth-order valence-corrected chi connectivity index (χ4v) is 1.64. The molecule has 0 aromatic heterocycles. The second kappa shape index (κ2) is 6.68. The first-order chi connectivity index (χ1) is 9.61. The number of aliphatic carboxylic acids is 1. The summed E-state index contributed by atoms with van der Waals surface area (Å²) in [5.74, 6) is -1.44. The maximum atomic E-state index is 10.7. The van der Waals surface area contributed by atoms with Crippen molar-refractivity contribution >= 4 is 19.5 Å². The zero-order valence-corrected chi connectivity index (χ0v) is 12.2. The number of aliphatic hydroxyl groups excluding tert-OH is 1. The number of nitrogens with zero attached hydrogens (tertiary/aromatic N) is 1.